The second kappa shape index (κ2) is 13.1. The maximum Gasteiger partial charge on any atom is 0.261 e. The Morgan fingerprint density at radius 2 is 1.80 bits per heavy atom. The number of nitrogens with one attached hydrogen (secondary N) is 3. The van der Waals surface area contributed by atoms with Gasteiger partial charge in [0.25, 0.3) is 15.9 Å². The van der Waals surface area contributed by atoms with Gasteiger partial charge in [-0.3, -0.25) is 9.52 Å². The van der Waals surface area contributed by atoms with E-state index in [0.717, 1.165) is 11.9 Å². The van der Waals surface area contributed by atoms with Crippen molar-refractivity contribution in [2.24, 2.45) is 7.05 Å². The molecule has 13 heteroatoms. The van der Waals surface area contributed by atoms with E-state index in [1.54, 1.807) is 68.0 Å². The fraction of sp³-hybridized carbons (Fsp3) is 0.281. The molecule has 3 aromatic carbocycles. The lowest BCUT2D eigenvalue weighted by Gasteiger charge is -2.28. The van der Waals surface area contributed by atoms with Crippen LogP contribution in [0.5, 0.6) is 5.88 Å². The number of aryl methyl sites for hydroxylation is 2. The SMILES string of the molecule is Cn1nc(CNC(=O)c2ccc3c(c2)ncn3CCC(C)(C)NC[C@H](O)c2cccc(NS(=O)(=O)c3ccccc3)c2)cc1O. The number of carbonyl (C=O) groups excluding carboxylic acids is 1. The standard InChI is InChI=1S/C32H37N7O5S/c1-32(2,35-20-29(40)22-8-7-9-24(16-22)37-45(43,44)26-10-5-4-6-11-26)14-15-39-21-34-27-17-23(12-13-28(27)39)31(42)33-19-25-18-30(41)38(3)36-25/h4-13,16-18,21,29,35,37,40-41H,14-15,19-20H2,1-3H3,(H,33,42)/t29-/m0/s1. The average molecular weight is 632 g/mol. The van der Waals surface area contributed by atoms with Gasteiger partial charge in [-0.05, 0) is 68.3 Å². The molecule has 0 fully saturated rings. The summed E-state index contributed by atoms with van der Waals surface area (Å²) in [5.41, 5.74) is 3.23. The number of hydrogen-bond acceptors (Lipinski definition) is 8. The number of nitrogens with zero attached hydrogens (tertiary/aromatic N) is 4. The van der Waals surface area contributed by atoms with Crippen LogP contribution in [0.2, 0.25) is 0 Å². The van der Waals surface area contributed by atoms with Crippen LogP contribution in [0.25, 0.3) is 11.0 Å². The van der Waals surface area contributed by atoms with Crippen LogP contribution in [-0.4, -0.2) is 56.0 Å². The van der Waals surface area contributed by atoms with Crippen LogP contribution in [-0.2, 0) is 30.2 Å². The first kappa shape index (κ1) is 31.7. The van der Waals surface area contributed by atoms with Crippen LogP contribution in [0.3, 0.4) is 0 Å². The number of fused-ring (bicyclic) bond motifs is 1. The summed E-state index contributed by atoms with van der Waals surface area (Å²) in [6, 6.07) is 21.7. The molecule has 0 radical (unpaired) electrons. The highest BCUT2D eigenvalue weighted by Gasteiger charge is 2.21. The highest BCUT2D eigenvalue weighted by Crippen LogP contribution is 2.22. The van der Waals surface area contributed by atoms with E-state index in [9.17, 15) is 23.4 Å². The lowest BCUT2D eigenvalue weighted by Crippen LogP contribution is -2.42. The van der Waals surface area contributed by atoms with Crippen molar-refractivity contribution in [2.45, 2.75) is 49.9 Å². The Kier molecular flexibility index (Phi) is 9.23. The van der Waals surface area contributed by atoms with Gasteiger partial charge in [0.05, 0.1) is 40.6 Å². The van der Waals surface area contributed by atoms with Gasteiger partial charge in [-0.25, -0.2) is 18.1 Å². The molecule has 2 heterocycles. The third kappa shape index (κ3) is 7.87. The molecule has 0 aliphatic carbocycles. The Morgan fingerprint density at radius 1 is 1.02 bits per heavy atom. The Hall–Kier alpha value is -4.72. The molecule has 0 aliphatic heterocycles. The number of aromatic nitrogens is 4. The number of anilines is 1. The maximum absolute atomic E-state index is 12.7. The number of hydrogen-bond donors (Lipinski definition) is 5. The van der Waals surface area contributed by atoms with Crippen LogP contribution in [0, 0.1) is 0 Å². The van der Waals surface area contributed by atoms with Crippen LogP contribution in [0.4, 0.5) is 5.69 Å². The normalized spacial score (nSPS) is 12.7. The number of amides is 1. The van der Waals surface area contributed by atoms with Crippen molar-refractivity contribution in [1.29, 1.82) is 0 Å². The molecule has 0 aliphatic rings. The molecule has 45 heavy (non-hydrogen) atoms. The average Bonchev–Trinajstić information content (AvgIpc) is 3.59. The summed E-state index contributed by atoms with van der Waals surface area (Å²) in [4.78, 5) is 17.3. The maximum atomic E-state index is 12.7. The first-order chi connectivity index (χ1) is 21.4. The largest absolute Gasteiger partial charge is 0.493 e. The molecular weight excluding hydrogens is 594 g/mol. The van der Waals surface area contributed by atoms with Crippen LogP contribution < -0.4 is 15.4 Å². The zero-order valence-corrected chi connectivity index (χ0v) is 26.1. The van der Waals surface area contributed by atoms with E-state index in [1.165, 1.54) is 22.9 Å². The highest BCUT2D eigenvalue weighted by molar-refractivity contribution is 7.92. The number of aliphatic hydroxyl groups excluding tert-OH is 1. The van der Waals surface area contributed by atoms with Crippen LogP contribution >= 0.6 is 0 Å². The minimum Gasteiger partial charge on any atom is -0.493 e. The number of β-amino-alcohol motifs (C(OH)–C–C–N with tert-alkyl or cyclic N) is 1. The molecule has 0 bridgehead atoms. The molecule has 1 atom stereocenters. The summed E-state index contributed by atoms with van der Waals surface area (Å²) in [7, 11) is -2.12. The molecular formula is C32H37N7O5S. The van der Waals surface area contributed by atoms with Crippen molar-refractivity contribution in [1.82, 2.24) is 30.0 Å². The fourth-order valence-corrected chi connectivity index (χ4v) is 5.93. The fourth-order valence-electron chi connectivity index (χ4n) is 4.86. The zero-order chi connectivity index (χ0) is 32.2. The van der Waals surface area contributed by atoms with Gasteiger partial charge < -0.3 is 25.4 Å². The lowest BCUT2D eigenvalue weighted by molar-refractivity contribution is 0.0950. The van der Waals surface area contributed by atoms with Gasteiger partial charge in [0, 0.05) is 43.0 Å². The molecule has 0 saturated carbocycles. The molecule has 0 saturated heterocycles. The van der Waals surface area contributed by atoms with Gasteiger partial charge >= 0.3 is 0 Å². The van der Waals surface area contributed by atoms with E-state index in [-0.39, 0.29) is 35.3 Å². The van der Waals surface area contributed by atoms with Gasteiger partial charge in [0.2, 0.25) is 5.88 Å². The van der Waals surface area contributed by atoms with Crippen LogP contribution in [0.1, 0.15) is 48.0 Å². The van der Waals surface area contributed by atoms with Gasteiger partial charge in [-0.1, -0.05) is 30.3 Å². The van der Waals surface area contributed by atoms with Crippen molar-refractivity contribution in [3.8, 4) is 5.88 Å². The third-order valence-electron chi connectivity index (χ3n) is 7.55. The number of aliphatic hydroxyl groups is 1. The van der Waals surface area contributed by atoms with Crippen molar-refractivity contribution in [3.05, 3.63) is 102 Å². The molecule has 2 aromatic heterocycles. The molecule has 236 valence electrons. The second-order valence-electron chi connectivity index (χ2n) is 11.5. The zero-order valence-electron chi connectivity index (χ0n) is 25.3. The molecule has 0 spiro atoms. The molecule has 5 N–H and O–H groups in total. The number of carbonyl (C=O) groups is 1. The van der Waals surface area contributed by atoms with E-state index < -0.39 is 16.1 Å². The van der Waals surface area contributed by atoms with Crippen molar-refractivity contribution < 1.29 is 23.4 Å². The number of imidazole rings is 1. The van der Waals surface area contributed by atoms with E-state index in [0.29, 0.717) is 34.6 Å². The molecule has 1 amide bonds. The minimum atomic E-state index is -3.74. The number of rotatable bonds is 13. The Morgan fingerprint density at radius 3 is 2.53 bits per heavy atom. The third-order valence-corrected chi connectivity index (χ3v) is 8.95. The minimum absolute atomic E-state index is 0.0257. The van der Waals surface area contributed by atoms with Crippen molar-refractivity contribution >= 4 is 32.7 Å². The van der Waals surface area contributed by atoms with E-state index in [4.69, 9.17) is 0 Å². The quantitative estimate of drug-likeness (QED) is 0.131. The Labute approximate surface area is 261 Å². The topological polar surface area (TPSA) is 163 Å². The second-order valence-corrected chi connectivity index (χ2v) is 13.2. The highest BCUT2D eigenvalue weighted by atomic mass is 32.2. The van der Waals surface area contributed by atoms with Crippen molar-refractivity contribution in [2.75, 3.05) is 11.3 Å². The Balaban J connectivity index is 1.14. The molecule has 5 aromatic rings. The van der Waals surface area contributed by atoms with Gasteiger partial charge in [-0.15, -0.1) is 0 Å². The molecule has 0 unspecified atom stereocenters. The van der Waals surface area contributed by atoms with E-state index in [2.05, 4.69) is 25.4 Å². The number of aromatic hydroxyl groups is 1. The number of benzene rings is 3. The summed E-state index contributed by atoms with van der Waals surface area (Å²) in [6.07, 6.45) is 1.62. The smallest absolute Gasteiger partial charge is 0.261 e. The summed E-state index contributed by atoms with van der Waals surface area (Å²) >= 11 is 0. The van der Waals surface area contributed by atoms with Gasteiger partial charge in [0.1, 0.15) is 0 Å². The number of sulfonamides is 1. The van der Waals surface area contributed by atoms with Gasteiger partial charge in [-0.2, -0.15) is 5.10 Å². The first-order valence-corrected chi connectivity index (χ1v) is 15.9. The summed E-state index contributed by atoms with van der Waals surface area (Å²) < 4.78 is 31.3. The summed E-state index contributed by atoms with van der Waals surface area (Å²) in [6.45, 7) is 5.20. The molecule has 5 rings (SSSR count). The predicted molar refractivity (Wildman–Crippen MR) is 171 cm³/mol. The van der Waals surface area contributed by atoms with E-state index >= 15 is 0 Å². The van der Waals surface area contributed by atoms with Gasteiger partial charge in [0.15, 0.2) is 0 Å². The first-order valence-electron chi connectivity index (χ1n) is 14.5. The monoisotopic (exact) mass is 631 g/mol. The van der Waals surface area contributed by atoms with E-state index in [1.807, 2.05) is 24.5 Å². The van der Waals surface area contributed by atoms with Crippen LogP contribution in [0.15, 0.2) is 90.1 Å². The Bertz CT molecular complexity index is 1880. The van der Waals surface area contributed by atoms with Crippen molar-refractivity contribution in [3.63, 3.8) is 0 Å². The molecule has 12 nitrogen and oxygen atoms in total. The summed E-state index contributed by atoms with van der Waals surface area (Å²) in [5.74, 6) is -0.239. The predicted octanol–water partition coefficient (Wildman–Crippen LogP) is 3.70. The lowest BCUT2D eigenvalue weighted by atomic mass is 9.99. The summed E-state index contributed by atoms with van der Waals surface area (Å²) in [5, 5.41) is 30.9.